The minimum Gasteiger partial charge on any atom is -0.289 e. The summed E-state index contributed by atoms with van der Waals surface area (Å²) in [6.07, 6.45) is 6.37. The number of hydrogen-bond acceptors (Lipinski definition) is 2. The van der Waals surface area contributed by atoms with Crippen molar-refractivity contribution < 1.29 is 4.79 Å². The number of aromatic nitrogens is 2. The van der Waals surface area contributed by atoms with Crippen LogP contribution in [0.1, 0.15) is 15.9 Å². The van der Waals surface area contributed by atoms with E-state index in [2.05, 4.69) is 5.10 Å². The van der Waals surface area contributed by atoms with E-state index in [-0.39, 0.29) is 5.78 Å². The number of nitrogens with zero attached hydrogens (tertiary/aromatic N) is 2. The molecule has 5 heteroatoms. The van der Waals surface area contributed by atoms with Crippen molar-refractivity contribution in [1.82, 2.24) is 9.78 Å². The van der Waals surface area contributed by atoms with Crippen LogP contribution in [0.4, 0.5) is 0 Å². The van der Waals surface area contributed by atoms with Crippen LogP contribution in [-0.2, 0) is 7.05 Å². The molecule has 0 atom stereocenters. The Morgan fingerprint density at radius 1 is 1.33 bits per heavy atom. The van der Waals surface area contributed by atoms with Gasteiger partial charge < -0.3 is 0 Å². The van der Waals surface area contributed by atoms with Gasteiger partial charge in [0.1, 0.15) is 0 Å². The van der Waals surface area contributed by atoms with Crippen LogP contribution in [0.2, 0.25) is 10.0 Å². The fraction of sp³-hybridized carbons (Fsp3) is 0.0769. The molecule has 2 rings (SSSR count). The van der Waals surface area contributed by atoms with Crippen LogP contribution >= 0.6 is 23.2 Å². The molecule has 1 heterocycles. The Morgan fingerprint density at radius 2 is 2.11 bits per heavy atom. The Hall–Kier alpha value is -1.58. The van der Waals surface area contributed by atoms with Gasteiger partial charge in [-0.2, -0.15) is 5.10 Å². The first-order chi connectivity index (χ1) is 8.56. The van der Waals surface area contributed by atoms with E-state index in [4.69, 9.17) is 23.2 Å². The third-order valence-corrected chi connectivity index (χ3v) is 3.10. The lowest BCUT2D eigenvalue weighted by Crippen LogP contribution is -1.91. The number of carbonyl (C=O) groups excluding carboxylic acids is 1. The summed E-state index contributed by atoms with van der Waals surface area (Å²) in [7, 11) is 1.76. The summed E-state index contributed by atoms with van der Waals surface area (Å²) in [6, 6.07) is 5.19. The number of rotatable bonds is 3. The van der Waals surface area contributed by atoms with Gasteiger partial charge in [-0.05, 0) is 23.8 Å². The van der Waals surface area contributed by atoms with Gasteiger partial charge in [0, 0.05) is 13.2 Å². The van der Waals surface area contributed by atoms with Crippen LogP contribution < -0.4 is 0 Å². The third-order valence-electron chi connectivity index (χ3n) is 2.36. The van der Waals surface area contributed by atoms with E-state index < -0.39 is 0 Å². The molecule has 2 aromatic rings. The highest BCUT2D eigenvalue weighted by molar-refractivity contribution is 6.42. The first-order valence-electron chi connectivity index (χ1n) is 5.22. The zero-order chi connectivity index (χ0) is 13.1. The summed E-state index contributed by atoms with van der Waals surface area (Å²) in [5, 5.41) is 4.90. The monoisotopic (exact) mass is 280 g/mol. The third kappa shape index (κ3) is 3.00. The summed E-state index contributed by atoms with van der Waals surface area (Å²) in [6.45, 7) is 0. The van der Waals surface area contributed by atoms with Crippen LogP contribution in [-0.4, -0.2) is 15.6 Å². The maximum atomic E-state index is 11.8. The first kappa shape index (κ1) is 12.9. The van der Waals surface area contributed by atoms with Crippen LogP contribution in [0.3, 0.4) is 0 Å². The van der Waals surface area contributed by atoms with Gasteiger partial charge in [0.15, 0.2) is 5.78 Å². The fourth-order valence-corrected chi connectivity index (χ4v) is 1.74. The lowest BCUT2D eigenvalue weighted by molar-refractivity contribution is 0.104. The van der Waals surface area contributed by atoms with Gasteiger partial charge in [0.25, 0.3) is 0 Å². The molecule has 92 valence electrons. The molecule has 0 aliphatic heterocycles. The topological polar surface area (TPSA) is 34.9 Å². The standard InChI is InChI=1S/C13H10Cl2N2O/c1-17-8-10(7-16-17)13(18)5-3-9-2-4-11(14)12(15)6-9/h2-8H,1H3/b5-3+. The molecular weight excluding hydrogens is 271 g/mol. The first-order valence-corrected chi connectivity index (χ1v) is 5.98. The molecule has 1 aromatic carbocycles. The van der Waals surface area contributed by atoms with Crippen molar-refractivity contribution in [3.8, 4) is 0 Å². The molecule has 0 radical (unpaired) electrons. The van der Waals surface area contributed by atoms with Gasteiger partial charge in [-0.3, -0.25) is 9.48 Å². The predicted molar refractivity (Wildman–Crippen MR) is 73.0 cm³/mol. The van der Waals surface area contributed by atoms with E-state index >= 15 is 0 Å². The van der Waals surface area contributed by atoms with E-state index in [0.29, 0.717) is 15.6 Å². The van der Waals surface area contributed by atoms with Gasteiger partial charge in [0.05, 0.1) is 21.8 Å². The molecule has 0 N–H and O–H groups in total. The second-order valence-electron chi connectivity index (χ2n) is 3.77. The minimum absolute atomic E-state index is 0.103. The summed E-state index contributed by atoms with van der Waals surface area (Å²) in [5.41, 5.74) is 1.37. The highest BCUT2D eigenvalue weighted by atomic mass is 35.5. The number of benzene rings is 1. The van der Waals surface area contributed by atoms with Crippen LogP contribution in [0.25, 0.3) is 6.08 Å². The quantitative estimate of drug-likeness (QED) is 0.636. The molecule has 0 fully saturated rings. The molecule has 0 aliphatic carbocycles. The molecule has 0 saturated heterocycles. The van der Waals surface area contributed by atoms with Crippen molar-refractivity contribution in [2.24, 2.45) is 7.05 Å². The van der Waals surface area contributed by atoms with Gasteiger partial charge >= 0.3 is 0 Å². The Morgan fingerprint density at radius 3 is 2.72 bits per heavy atom. The zero-order valence-electron chi connectivity index (χ0n) is 9.60. The summed E-state index contributed by atoms with van der Waals surface area (Å²) in [4.78, 5) is 11.8. The van der Waals surface area contributed by atoms with Crippen molar-refractivity contribution in [3.05, 3.63) is 57.8 Å². The highest BCUT2D eigenvalue weighted by Crippen LogP contribution is 2.23. The number of carbonyl (C=O) groups is 1. The van der Waals surface area contributed by atoms with Gasteiger partial charge in [-0.15, -0.1) is 0 Å². The van der Waals surface area contributed by atoms with Crippen molar-refractivity contribution in [2.45, 2.75) is 0 Å². The number of halogens is 2. The second kappa shape index (κ2) is 5.38. The maximum Gasteiger partial charge on any atom is 0.189 e. The SMILES string of the molecule is Cn1cc(C(=O)/C=C/c2ccc(Cl)c(Cl)c2)cn1. The lowest BCUT2D eigenvalue weighted by Gasteiger charge is -1.97. The molecule has 3 nitrogen and oxygen atoms in total. The fourth-order valence-electron chi connectivity index (χ4n) is 1.43. The molecule has 0 amide bonds. The smallest absolute Gasteiger partial charge is 0.189 e. The van der Waals surface area contributed by atoms with Crippen molar-refractivity contribution in [3.63, 3.8) is 0 Å². The minimum atomic E-state index is -0.103. The molecule has 0 unspecified atom stereocenters. The van der Waals surface area contributed by atoms with E-state index in [1.165, 1.54) is 12.3 Å². The molecule has 0 spiro atoms. The summed E-state index contributed by atoms with van der Waals surface area (Å²) < 4.78 is 1.58. The largest absolute Gasteiger partial charge is 0.289 e. The van der Waals surface area contributed by atoms with E-state index in [1.54, 1.807) is 42.2 Å². The van der Waals surface area contributed by atoms with E-state index in [1.807, 2.05) is 0 Å². The highest BCUT2D eigenvalue weighted by Gasteiger charge is 2.04. The molecule has 18 heavy (non-hydrogen) atoms. The van der Waals surface area contributed by atoms with Crippen LogP contribution in [0, 0.1) is 0 Å². The Bertz CT molecular complexity index is 617. The van der Waals surface area contributed by atoms with Crippen molar-refractivity contribution in [1.29, 1.82) is 0 Å². The number of hydrogen-bond donors (Lipinski definition) is 0. The van der Waals surface area contributed by atoms with Crippen LogP contribution in [0.15, 0.2) is 36.7 Å². The number of aryl methyl sites for hydroxylation is 1. The zero-order valence-corrected chi connectivity index (χ0v) is 11.1. The summed E-state index contributed by atoms with van der Waals surface area (Å²) >= 11 is 11.7. The van der Waals surface area contributed by atoms with E-state index in [0.717, 1.165) is 5.56 Å². The Balaban J connectivity index is 2.15. The molecular formula is C13H10Cl2N2O. The van der Waals surface area contributed by atoms with Crippen molar-refractivity contribution >= 4 is 35.1 Å². The molecule has 0 saturated carbocycles. The van der Waals surface area contributed by atoms with Gasteiger partial charge in [-0.25, -0.2) is 0 Å². The predicted octanol–water partition coefficient (Wildman–Crippen LogP) is 3.62. The maximum absolute atomic E-state index is 11.8. The second-order valence-corrected chi connectivity index (χ2v) is 4.59. The van der Waals surface area contributed by atoms with Crippen LogP contribution in [0.5, 0.6) is 0 Å². The average Bonchev–Trinajstić information content (AvgIpc) is 2.77. The number of allylic oxidation sites excluding steroid dienone is 1. The molecule has 0 aliphatic rings. The van der Waals surface area contributed by atoms with Gasteiger partial charge in [-0.1, -0.05) is 35.3 Å². The van der Waals surface area contributed by atoms with Gasteiger partial charge in [0.2, 0.25) is 0 Å². The lowest BCUT2D eigenvalue weighted by atomic mass is 10.1. The average molecular weight is 281 g/mol. The Kier molecular flexibility index (Phi) is 3.84. The molecule has 0 bridgehead atoms. The normalized spacial score (nSPS) is 11.1. The van der Waals surface area contributed by atoms with E-state index in [9.17, 15) is 4.79 Å². The summed E-state index contributed by atoms with van der Waals surface area (Å²) in [5.74, 6) is -0.103. The molecule has 1 aromatic heterocycles. The Labute approximate surface area is 115 Å². The number of ketones is 1. The van der Waals surface area contributed by atoms with Crippen molar-refractivity contribution in [2.75, 3.05) is 0 Å².